The molecule has 0 bridgehead atoms. The summed E-state index contributed by atoms with van der Waals surface area (Å²) in [5.74, 6) is 0. The van der Waals surface area contributed by atoms with Crippen molar-refractivity contribution in [3.63, 3.8) is 0 Å². The summed E-state index contributed by atoms with van der Waals surface area (Å²) in [6.45, 7) is 8.96. The van der Waals surface area contributed by atoms with E-state index in [1.54, 1.807) is 42.5 Å². The fourth-order valence-corrected chi connectivity index (χ4v) is 4.27. The van der Waals surface area contributed by atoms with E-state index in [9.17, 15) is 8.42 Å². The molecular weight excluding hydrogens is 364 g/mol. The maximum absolute atomic E-state index is 12.8. The molecule has 2 aromatic carbocycles. The molecule has 0 saturated carbocycles. The van der Waals surface area contributed by atoms with E-state index in [0.717, 1.165) is 5.56 Å². The van der Waals surface area contributed by atoms with Crippen molar-refractivity contribution in [2.45, 2.75) is 11.8 Å². The third-order valence-electron chi connectivity index (χ3n) is 3.41. The molecule has 0 spiro atoms. The summed E-state index contributed by atoms with van der Waals surface area (Å²) in [5, 5.41) is 0.698. The predicted molar refractivity (Wildman–Crippen MR) is 89.7 cm³/mol. The number of nitrogens with zero attached hydrogens (tertiary/aromatic N) is 2. The smallest absolute Gasteiger partial charge is 0.240 e. The molecule has 6 heteroatoms. The maximum Gasteiger partial charge on any atom is 0.268 e. The number of aromatic nitrogens is 1. The lowest BCUT2D eigenvalue weighted by Gasteiger charge is -2.08. The number of hydrogen-bond donors (Lipinski definition) is 0. The van der Waals surface area contributed by atoms with Crippen molar-refractivity contribution >= 4 is 42.5 Å². The van der Waals surface area contributed by atoms with E-state index in [1.807, 2.05) is 6.92 Å². The van der Waals surface area contributed by atoms with E-state index >= 15 is 0 Å². The van der Waals surface area contributed by atoms with Crippen LogP contribution in [0.2, 0.25) is 0 Å². The van der Waals surface area contributed by atoms with Crippen LogP contribution in [-0.2, 0) is 10.0 Å². The fraction of sp³-hybridized carbons (Fsp3) is 0.0625. The molecule has 0 amide bonds. The number of benzene rings is 2. The van der Waals surface area contributed by atoms with Gasteiger partial charge in [-0.2, -0.15) is 0 Å². The van der Waals surface area contributed by atoms with Gasteiger partial charge in [0, 0.05) is 16.1 Å². The lowest BCUT2D eigenvalue weighted by atomic mass is 10.2. The van der Waals surface area contributed by atoms with Crippen molar-refractivity contribution in [2.24, 2.45) is 0 Å². The SMILES string of the molecule is [C-]#[N+]c1ccc2c(c1)c(Br)cn2S(=O)(=O)c1ccc(C)cc1. The Labute approximate surface area is 137 Å². The van der Waals surface area contributed by atoms with Gasteiger partial charge in [-0.15, -0.1) is 0 Å². The molecule has 0 N–H and O–H groups in total. The molecule has 0 saturated heterocycles. The first kappa shape index (κ1) is 14.8. The summed E-state index contributed by atoms with van der Waals surface area (Å²) in [6, 6.07) is 11.7. The van der Waals surface area contributed by atoms with Crippen molar-refractivity contribution < 1.29 is 8.42 Å². The lowest BCUT2D eigenvalue weighted by Crippen LogP contribution is -2.11. The van der Waals surface area contributed by atoms with Gasteiger partial charge in [0.25, 0.3) is 10.0 Å². The van der Waals surface area contributed by atoms with Gasteiger partial charge in [0.2, 0.25) is 0 Å². The first-order chi connectivity index (χ1) is 10.4. The summed E-state index contributed by atoms with van der Waals surface area (Å²) < 4.78 is 27.5. The van der Waals surface area contributed by atoms with Crippen LogP contribution in [0.3, 0.4) is 0 Å². The van der Waals surface area contributed by atoms with Gasteiger partial charge >= 0.3 is 0 Å². The monoisotopic (exact) mass is 374 g/mol. The minimum absolute atomic E-state index is 0.233. The molecule has 1 aromatic heterocycles. The summed E-state index contributed by atoms with van der Waals surface area (Å²) in [4.78, 5) is 3.60. The largest absolute Gasteiger partial charge is 0.268 e. The first-order valence-electron chi connectivity index (χ1n) is 6.44. The van der Waals surface area contributed by atoms with Crippen molar-refractivity contribution in [1.29, 1.82) is 0 Å². The van der Waals surface area contributed by atoms with Crippen molar-refractivity contribution in [3.05, 3.63) is 70.1 Å². The number of hydrogen-bond acceptors (Lipinski definition) is 2. The second-order valence-electron chi connectivity index (χ2n) is 4.90. The Bertz CT molecular complexity index is 1010. The van der Waals surface area contributed by atoms with Crippen LogP contribution < -0.4 is 0 Å². The normalized spacial score (nSPS) is 11.5. The molecule has 4 nitrogen and oxygen atoms in total. The van der Waals surface area contributed by atoms with Gasteiger partial charge in [0.15, 0.2) is 5.69 Å². The van der Waals surface area contributed by atoms with E-state index < -0.39 is 10.0 Å². The van der Waals surface area contributed by atoms with Crippen LogP contribution in [0.25, 0.3) is 15.7 Å². The number of fused-ring (bicyclic) bond motifs is 1. The van der Waals surface area contributed by atoms with Crippen LogP contribution in [-0.4, -0.2) is 12.4 Å². The van der Waals surface area contributed by atoms with E-state index in [1.165, 1.54) is 10.2 Å². The molecule has 0 radical (unpaired) electrons. The highest BCUT2D eigenvalue weighted by atomic mass is 79.9. The Morgan fingerprint density at radius 1 is 1.14 bits per heavy atom. The average molecular weight is 375 g/mol. The zero-order valence-corrected chi connectivity index (χ0v) is 14.0. The van der Waals surface area contributed by atoms with Crippen LogP contribution in [0, 0.1) is 13.5 Å². The standard InChI is InChI=1S/C16H11BrN2O2S/c1-11-3-6-13(7-4-11)22(20,21)19-10-15(17)14-9-12(18-2)5-8-16(14)19/h3-10H,1H3. The Kier molecular flexibility index (Phi) is 3.55. The second kappa shape index (κ2) is 5.27. The second-order valence-corrected chi connectivity index (χ2v) is 7.57. The van der Waals surface area contributed by atoms with Crippen LogP contribution >= 0.6 is 15.9 Å². The first-order valence-corrected chi connectivity index (χ1v) is 8.67. The van der Waals surface area contributed by atoms with Crippen molar-refractivity contribution in [1.82, 2.24) is 3.97 Å². The van der Waals surface area contributed by atoms with Crippen LogP contribution in [0.15, 0.2) is 58.0 Å². The third kappa shape index (κ3) is 2.32. The van der Waals surface area contributed by atoms with E-state index in [2.05, 4.69) is 20.8 Å². The summed E-state index contributed by atoms with van der Waals surface area (Å²) in [7, 11) is -3.67. The third-order valence-corrected chi connectivity index (χ3v) is 5.73. The van der Waals surface area contributed by atoms with Gasteiger partial charge in [0.1, 0.15) is 0 Å². The van der Waals surface area contributed by atoms with Crippen LogP contribution in [0.4, 0.5) is 5.69 Å². The van der Waals surface area contributed by atoms with Gasteiger partial charge in [0.05, 0.1) is 17.0 Å². The molecule has 3 aromatic rings. The summed E-state index contributed by atoms with van der Waals surface area (Å²) in [6.07, 6.45) is 1.52. The van der Waals surface area contributed by atoms with Gasteiger partial charge < -0.3 is 0 Å². The Morgan fingerprint density at radius 3 is 2.45 bits per heavy atom. The summed E-state index contributed by atoms with van der Waals surface area (Å²) in [5.41, 5.74) is 2.01. The molecule has 0 unspecified atom stereocenters. The molecule has 0 fully saturated rings. The minimum Gasteiger partial charge on any atom is -0.240 e. The van der Waals surface area contributed by atoms with Gasteiger partial charge in [-0.1, -0.05) is 23.8 Å². The van der Waals surface area contributed by atoms with Gasteiger partial charge in [-0.05, 0) is 47.1 Å². The molecule has 3 rings (SSSR count). The van der Waals surface area contributed by atoms with E-state index in [4.69, 9.17) is 6.57 Å². The number of halogens is 1. The Balaban J connectivity index is 2.26. The highest BCUT2D eigenvalue weighted by Crippen LogP contribution is 2.32. The molecule has 0 aliphatic rings. The highest BCUT2D eigenvalue weighted by molar-refractivity contribution is 9.10. The minimum atomic E-state index is -3.67. The van der Waals surface area contributed by atoms with Gasteiger partial charge in [-0.3, -0.25) is 0 Å². The molecular formula is C16H11BrN2O2S. The topological polar surface area (TPSA) is 43.4 Å². The predicted octanol–water partition coefficient (Wildman–Crippen LogP) is 4.50. The van der Waals surface area contributed by atoms with Crippen LogP contribution in [0.5, 0.6) is 0 Å². The van der Waals surface area contributed by atoms with E-state index in [0.29, 0.717) is 21.1 Å². The molecule has 1 heterocycles. The van der Waals surface area contributed by atoms with Crippen molar-refractivity contribution in [2.75, 3.05) is 0 Å². The average Bonchev–Trinajstić information content (AvgIpc) is 2.85. The molecule has 22 heavy (non-hydrogen) atoms. The highest BCUT2D eigenvalue weighted by Gasteiger charge is 2.20. The van der Waals surface area contributed by atoms with E-state index in [-0.39, 0.29) is 4.90 Å². The Hall–Kier alpha value is -2.10. The fourth-order valence-electron chi connectivity index (χ4n) is 2.24. The summed E-state index contributed by atoms with van der Waals surface area (Å²) >= 11 is 3.37. The number of rotatable bonds is 2. The Morgan fingerprint density at radius 2 is 1.82 bits per heavy atom. The quantitative estimate of drug-likeness (QED) is 0.619. The van der Waals surface area contributed by atoms with Gasteiger partial charge in [-0.25, -0.2) is 17.2 Å². The zero-order chi connectivity index (χ0) is 15.9. The number of aryl methyl sites for hydroxylation is 1. The maximum atomic E-state index is 12.8. The zero-order valence-electron chi connectivity index (χ0n) is 11.6. The van der Waals surface area contributed by atoms with Crippen LogP contribution in [0.1, 0.15) is 5.56 Å². The molecule has 0 aliphatic heterocycles. The molecule has 110 valence electrons. The lowest BCUT2D eigenvalue weighted by molar-refractivity contribution is 0.589. The van der Waals surface area contributed by atoms with Crippen molar-refractivity contribution in [3.8, 4) is 0 Å². The molecule has 0 aliphatic carbocycles. The molecule has 0 atom stereocenters.